The summed E-state index contributed by atoms with van der Waals surface area (Å²) in [5.74, 6) is -0.363. The number of ether oxygens (including phenoxy) is 3. The summed E-state index contributed by atoms with van der Waals surface area (Å²) in [6.45, 7) is 4.85. The summed E-state index contributed by atoms with van der Waals surface area (Å²) < 4.78 is 16.5. The molecular weight excluding hydrogens is 448 g/mol. The van der Waals surface area contributed by atoms with E-state index in [0.29, 0.717) is 41.3 Å². The van der Waals surface area contributed by atoms with Crippen molar-refractivity contribution < 1.29 is 28.9 Å². The van der Waals surface area contributed by atoms with Crippen LogP contribution in [0.2, 0.25) is 0 Å². The molecule has 1 aliphatic rings. The minimum Gasteiger partial charge on any atom is -0.507 e. The number of hydrogen-bond donors (Lipinski definition) is 1. The van der Waals surface area contributed by atoms with Crippen molar-refractivity contribution in [2.45, 2.75) is 26.3 Å². The molecular formula is C27H34N2O6. The van der Waals surface area contributed by atoms with Gasteiger partial charge in [0.1, 0.15) is 5.76 Å². The number of carbonyl (C=O) groups is 2. The Bertz CT molecular complexity index is 1130. The van der Waals surface area contributed by atoms with Crippen molar-refractivity contribution in [3.8, 4) is 17.2 Å². The predicted octanol–water partition coefficient (Wildman–Crippen LogP) is 3.70. The lowest BCUT2D eigenvalue weighted by atomic mass is 9.93. The fraction of sp³-hybridized carbons (Fsp3) is 0.407. The second-order valence-electron chi connectivity index (χ2n) is 8.93. The molecule has 1 aliphatic heterocycles. The van der Waals surface area contributed by atoms with Crippen LogP contribution in [0, 0.1) is 13.8 Å². The van der Waals surface area contributed by atoms with Crippen molar-refractivity contribution in [2.24, 2.45) is 0 Å². The van der Waals surface area contributed by atoms with Crippen molar-refractivity contribution in [1.82, 2.24) is 9.80 Å². The average molecular weight is 483 g/mol. The molecule has 2 aromatic carbocycles. The molecule has 0 bridgehead atoms. The zero-order valence-corrected chi connectivity index (χ0v) is 21.5. The molecule has 188 valence electrons. The lowest BCUT2D eigenvalue weighted by Crippen LogP contribution is -2.32. The van der Waals surface area contributed by atoms with Crippen molar-refractivity contribution in [3.63, 3.8) is 0 Å². The van der Waals surface area contributed by atoms with Crippen LogP contribution in [0.5, 0.6) is 17.2 Å². The Morgan fingerprint density at radius 3 is 2.17 bits per heavy atom. The second kappa shape index (κ2) is 10.8. The second-order valence-corrected chi connectivity index (χ2v) is 8.93. The van der Waals surface area contributed by atoms with Crippen LogP contribution in [0.3, 0.4) is 0 Å². The molecule has 1 N–H and O–H groups in total. The largest absolute Gasteiger partial charge is 0.507 e. The summed E-state index contributed by atoms with van der Waals surface area (Å²) >= 11 is 0. The molecule has 1 heterocycles. The van der Waals surface area contributed by atoms with Crippen LogP contribution >= 0.6 is 0 Å². The van der Waals surface area contributed by atoms with Crippen LogP contribution in [0.1, 0.15) is 34.7 Å². The maximum atomic E-state index is 13.3. The average Bonchev–Trinajstić information content (AvgIpc) is 3.08. The van der Waals surface area contributed by atoms with Gasteiger partial charge in [-0.3, -0.25) is 9.59 Å². The Labute approximate surface area is 206 Å². The Hall–Kier alpha value is -3.52. The zero-order valence-electron chi connectivity index (χ0n) is 21.5. The van der Waals surface area contributed by atoms with E-state index in [1.807, 2.05) is 51.0 Å². The molecule has 3 rings (SSSR count). The fourth-order valence-corrected chi connectivity index (χ4v) is 4.41. The number of amides is 1. The highest BCUT2D eigenvalue weighted by Gasteiger charge is 2.46. The van der Waals surface area contributed by atoms with Crippen molar-refractivity contribution in [2.75, 3.05) is 48.5 Å². The van der Waals surface area contributed by atoms with E-state index in [0.717, 1.165) is 17.7 Å². The first kappa shape index (κ1) is 26.1. The first-order valence-corrected chi connectivity index (χ1v) is 11.4. The van der Waals surface area contributed by atoms with E-state index in [2.05, 4.69) is 0 Å². The van der Waals surface area contributed by atoms with Gasteiger partial charge in [0.05, 0.1) is 32.9 Å². The molecule has 35 heavy (non-hydrogen) atoms. The summed E-state index contributed by atoms with van der Waals surface area (Å²) in [5.41, 5.74) is 2.88. The van der Waals surface area contributed by atoms with E-state index < -0.39 is 17.7 Å². The van der Waals surface area contributed by atoms with Crippen LogP contribution < -0.4 is 14.2 Å². The Kier molecular flexibility index (Phi) is 8.07. The Morgan fingerprint density at radius 1 is 1.00 bits per heavy atom. The van der Waals surface area contributed by atoms with Gasteiger partial charge >= 0.3 is 0 Å². The van der Waals surface area contributed by atoms with Gasteiger partial charge in [-0.15, -0.1) is 0 Å². The summed E-state index contributed by atoms with van der Waals surface area (Å²) in [6, 6.07) is 8.25. The first-order chi connectivity index (χ1) is 16.6. The number of Topliss-reactive ketones (excluding diaryl/α,β-unsaturated/α-hetero) is 1. The number of carbonyl (C=O) groups excluding carboxylic acids is 2. The molecule has 1 atom stereocenters. The van der Waals surface area contributed by atoms with E-state index in [-0.39, 0.29) is 11.3 Å². The standard InChI is InChI=1S/C27H34N2O6/c1-16-9-10-17(2)19(13-16)24(30)22-23(29(27(32)25(22)31)12-8-11-28(3)4)18-14-20(33-5)26(35-7)21(15-18)34-6/h9-10,13-15,23,30H,8,11-12H2,1-7H3. The lowest BCUT2D eigenvalue weighted by Gasteiger charge is -2.27. The Balaban J connectivity index is 2.26. The SMILES string of the molecule is COc1cc(C2C(=C(O)c3cc(C)ccc3C)C(=O)C(=O)N2CCCN(C)C)cc(OC)c1OC. The number of aliphatic hydroxyl groups excluding tert-OH is 1. The third-order valence-corrected chi connectivity index (χ3v) is 6.20. The number of hydrogen-bond acceptors (Lipinski definition) is 7. The molecule has 1 saturated heterocycles. The molecule has 0 spiro atoms. The van der Waals surface area contributed by atoms with Gasteiger partial charge in [-0.25, -0.2) is 0 Å². The molecule has 1 unspecified atom stereocenters. The summed E-state index contributed by atoms with van der Waals surface area (Å²) in [6.07, 6.45) is 0.657. The molecule has 0 saturated carbocycles. The summed E-state index contributed by atoms with van der Waals surface area (Å²) in [7, 11) is 8.42. The quantitative estimate of drug-likeness (QED) is 0.331. The maximum absolute atomic E-state index is 13.3. The van der Waals surface area contributed by atoms with Crippen LogP contribution in [0.4, 0.5) is 0 Å². The van der Waals surface area contributed by atoms with Crippen molar-refractivity contribution in [1.29, 1.82) is 0 Å². The van der Waals surface area contributed by atoms with Gasteiger partial charge in [-0.05, 0) is 70.2 Å². The van der Waals surface area contributed by atoms with E-state index in [9.17, 15) is 14.7 Å². The van der Waals surface area contributed by atoms with Gasteiger partial charge in [-0.1, -0.05) is 17.7 Å². The molecule has 2 aromatic rings. The molecule has 1 fully saturated rings. The number of ketones is 1. The van der Waals surface area contributed by atoms with Gasteiger partial charge in [0, 0.05) is 12.1 Å². The van der Waals surface area contributed by atoms with E-state index in [1.165, 1.54) is 26.2 Å². The first-order valence-electron chi connectivity index (χ1n) is 11.4. The number of aliphatic hydroxyl groups is 1. The predicted molar refractivity (Wildman–Crippen MR) is 134 cm³/mol. The van der Waals surface area contributed by atoms with Crippen molar-refractivity contribution >= 4 is 17.4 Å². The highest BCUT2D eigenvalue weighted by molar-refractivity contribution is 6.46. The number of likely N-dealkylation sites (tertiary alicyclic amines) is 1. The van der Waals surface area contributed by atoms with E-state index in [4.69, 9.17) is 14.2 Å². The van der Waals surface area contributed by atoms with Crippen LogP contribution in [0.15, 0.2) is 35.9 Å². The van der Waals surface area contributed by atoms with Gasteiger partial charge < -0.3 is 29.1 Å². The minimum atomic E-state index is -0.814. The minimum absolute atomic E-state index is 0.0443. The van der Waals surface area contributed by atoms with Crippen molar-refractivity contribution in [3.05, 3.63) is 58.2 Å². The van der Waals surface area contributed by atoms with Gasteiger partial charge in [0.15, 0.2) is 11.5 Å². The van der Waals surface area contributed by atoms with Crippen LogP contribution in [-0.4, -0.2) is 75.1 Å². The molecule has 0 aromatic heterocycles. The highest BCUT2D eigenvalue weighted by Crippen LogP contribution is 2.46. The van der Waals surface area contributed by atoms with Gasteiger partial charge in [0.2, 0.25) is 5.75 Å². The maximum Gasteiger partial charge on any atom is 0.295 e. The van der Waals surface area contributed by atoms with E-state index >= 15 is 0 Å². The molecule has 0 radical (unpaired) electrons. The number of benzene rings is 2. The topological polar surface area (TPSA) is 88.5 Å². The molecule has 0 aliphatic carbocycles. The Morgan fingerprint density at radius 2 is 1.63 bits per heavy atom. The number of methoxy groups -OCH3 is 3. The summed E-state index contributed by atoms with van der Waals surface area (Å²) in [5, 5.41) is 11.4. The number of rotatable bonds is 9. The fourth-order valence-electron chi connectivity index (χ4n) is 4.41. The normalized spacial score (nSPS) is 17.3. The van der Waals surface area contributed by atoms with Crippen LogP contribution in [-0.2, 0) is 9.59 Å². The lowest BCUT2D eigenvalue weighted by molar-refractivity contribution is -0.139. The highest BCUT2D eigenvalue weighted by atomic mass is 16.5. The summed E-state index contributed by atoms with van der Waals surface area (Å²) in [4.78, 5) is 30.1. The number of nitrogens with zero attached hydrogens (tertiary/aromatic N) is 2. The molecule has 1 amide bonds. The van der Waals surface area contributed by atoms with E-state index in [1.54, 1.807) is 12.1 Å². The number of aryl methyl sites for hydroxylation is 2. The molecule has 8 heteroatoms. The monoisotopic (exact) mass is 482 g/mol. The van der Waals surface area contributed by atoms with Gasteiger partial charge in [0.25, 0.3) is 11.7 Å². The third-order valence-electron chi connectivity index (χ3n) is 6.20. The smallest absolute Gasteiger partial charge is 0.295 e. The third kappa shape index (κ3) is 5.12. The van der Waals surface area contributed by atoms with Gasteiger partial charge in [-0.2, -0.15) is 0 Å². The van der Waals surface area contributed by atoms with Crippen LogP contribution in [0.25, 0.3) is 5.76 Å². The zero-order chi connectivity index (χ0) is 25.9. The molecule has 8 nitrogen and oxygen atoms in total.